The van der Waals surface area contributed by atoms with Gasteiger partial charge in [-0.1, -0.05) is 87.3 Å². The van der Waals surface area contributed by atoms with Crippen LogP contribution in [0.25, 0.3) is 22.0 Å². The summed E-state index contributed by atoms with van der Waals surface area (Å²) in [5, 5.41) is 130. The van der Waals surface area contributed by atoms with Gasteiger partial charge < -0.3 is 150 Å². The average molecular weight is 1880 g/mol. The van der Waals surface area contributed by atoms with Crippen LogP contribution >= 0.6 is 23.2 Å². The highest BCUT2D eigenvalue weighted by molar-refractivity contribution is 6.32. The van der Waals surface area contributed by atoms with Crippen molar-refractivity contribution in [1.82, 2.24) is 58.2 Å². The zero-order valence-corrected chi connectivity index (χ0v) is 74.2. The maximum atomic E-state index is 16.6. The summed E-state index contributed by atoms with van der Waals surface area (Å²) in [6.45, 7) is 9.28. The van der Waals surface area contributed by atoms with Crippen LogP contribution in [0, 0.1) is 11.8 Å². The number of nitrogens with two attached hydrogens (primary N) is 4. The highest BCUT2D eigenvalue weighted by Crippen LogP contribution is 2.50. The number of carbonyl (C=O) groups is 11. The maximum absolute atomic E-state index is 16.6. The molecule has 8 heterocycles. The number of ether oxygens (including phenoxy) is 6. The van der Waals surface area contributed by atoms with Gasteiger partial charge in [-0.3, -0.25) is 58.1 Å². The molecule has 11 amide bonds. The first kappa shape index (κ1) is 99.1. The lowest BCUT2D eigenvalue weighted by atomic mass is 9.86. The Hall–Kier alpha value is -11.9. The van der Waals surface area contributed by atoms with Gasteiger partial charge in [-0.05, 0) is 165 Å². The Kier molecular flexibility index (Phi) is 31.8. The molecule has 2 fully saturated rings. The van der Waals surface area contributed by atoms with Crippen molar-refractivity contribution in [3.05, 3.63) is 153 Å². The summed E-state index contributed by atoms with van der Waals surface area (Å²) in [6.07, 6.45) is -18.1. The number of nitrogens with one attached hydrogen (secondary N) is 11. The molecule has 43 heteroatoms. The van der Waals surface area contributed by atoms with Gasteiger partial charge in [-0.15, -0.1) is 0 Å². The lowest BCUT2D eigenvalue weighted by Gasteiger charge is -2.44. The van der Waals surface area contributed by atoms with E-state index in [1.54, 1.807) is 30.5 Å². The lowest BCUT2D eigenvalue weighted by Crippen LogP contribution is -2.61. The van der Waals surface area contributed by atoms with Crippen LogP contribution in [-0.4, -0.2) is 233 Å². The van der Waals surface area contributed by atoms with E-state index in [1.165, 1.54) is 33.0 Å². The minimum Gasteiger partial charge on any atom is -0.508 e. The second-order valence-electron chi connectivity index (χ2n) is 34.4. The third-order valence-corrected chi connectivity index (χ3v) is 24.0. The Morgan fingerprint density at radius 3 is 1.93 bits per heavy atom. The van der Waals surface area contributed by atoms with Crippen molar-refractivity contribution in [2.24, 2.45) is 34.8 Å². The number of imide groups is 1. The van der Waals surface area contributed by atoms with Crippen LogP contribution in [0.4, 0.5) is 0 Å². The van der Waals surface area contributed by atoms with Crippen molar-refractivity contribution in [1.29, 1.82) is 0 Å². The van der Waals surface area contributed by atoms with E-state index in [0.29, 0.717) is 16.5 Å². The standard InChI is InChI=1S/C89H109Cl2N15O26/c1-36(2)22-50(93)78(117)99-54(27-43-34-97-51-13-9-8-12-45(43)51)81(120)98-52(14-10-11-21-92)79(118)106-85(124)68-47-30-44(108)31-57(110)65(47)46-24-39(15-18-56(46)109)66-83(122)105-70(87(126)103-68)75(131-64-33-89(6,95)77(116)38(5)127-64)41-17-20-59(49(91)26-41)129-61-29-42-28-60(76(61)132-88-74(115)73(114)72(113)62(35-107)130-88)128-58-19-16-40(25-48(58)90)71(112)69(104-80(119)53(96-7)23-37(3)4)86(125)100-55(32-63(94)111)82(121)101-67(42)84(123)102-66/h8-9,12-13,15-20,24-26,28-31,34,36-38,50,52-55,62,64,66-75,77,88,96-97,107-110,112-116H,10-11,14,21-23,27,32-33,35,92-93,95H2,1-7H3,(H2,94,111)(H,98,120)(H,99,117)(H,100,125)(H,101,121)(H,102,123)(H,103,126)(H,104,119)(H,105,122)(H,106,118,124)/t38-,50-,52-,53+,54-,55-,62+,64-,66+,67+,68+,69+,70?,71+,72+,73-,74+,75+,77-,88-,89-/m0/s1. The molecule has 0 aliphatic carbocycles. The van der Waals surface area contributed by atoms with Gasteiger partial charge in [0.25, 0.3) is 5.91 Å². The summed E-state index contributed by atoms with van der Waals surface area (Å²) in [5.74, 6) is -19.5. The minimum atomic E-state index is -2.43. The molecular formula is C89H109Cl2N15O26. The predicted octanol–water partition coefficient (Wildman–Crippen LogP) is 0.860. The number of hydrogen-bond donors (Lipinski definition) is 24. The van der Waals surface area contributed by atoms with E-state index in [9.17, 15) is 60.3 Å². The number of aromatic nitrogens is 1. The molecule has 21 atom stereocenters. The Bertz CT molecular complexity index is 5510. The van der Waals surface area contributed by atoms with Crippen LogP contribution in [0.3, 0.4) is 0 Å². The Labute approximate surface area is 765 Å². The van der Waals surface area contributed by atoms with E-state index in [0.717, 1.165) is 66.7 Å². The number of aliphatic hydroxyl groups is 6. The number of likely N-dealkylation sites (N-methyl/N-ethyl adjacent to an activating group) is 1. The molecule has 7 aliphatic heterocycles. The Balaban J connectivity index is 1.06. The molecule has 7 aliphatic rings. The second-order valence-corrected chi connectivity index (χ2v) is 35.3. The number of phenols is 3. The lowest BCUT2D eigenvalue weighted by molar-refractivity contribution is -0.277. The number of unbranched alkanes of at least 4 members (excludes halogenated alkanes) is 1. The van der Waals surface area contributed by atoms with Gasteiger partial charge in [0.05, 0.1) is 47.4 Å². The van der Waals surface area contributed by atoms with Gasteiger partial charge in [0.15, 0.2) is 17.8 Å². The summed E-state index contributed by atoms with van der Waals surface area (Å²) in [5.41, 5.74) is 21.4. The van der Waals surface area contributed by atoms with Crippen molar-refractivity contribution in [2.45, 2.75) is 220 Å². The number of H-pyrrole nitrogens is 1. The van der Waals surface area contributed by atoms with Gasteiger partial charge in [-0.2, -0.15) is 0 Å². The zero-order chi connectivity index (χ0) is 95.9. The van der Waals surface area contributed by atoms with Crippen LogP contribution < -0.4 is 90.3 Å². The predicted molar refractivity (Wildman–Crippen MR) is 471 cm³/mol. The van der Waals surface area contributed by atoms with E-state index < -0.39 is 290 Å². The average Bonchev–Trinajstić information content (AvgIpc) is 0.985. The number of aromatic hydroxyl groups is 3. The number of rotatable bonds is 26. The first-order valence-corrected chi connectivity index (χ1v) is 43.5. The Morgan fingerprint density at radius 1 is 0.652 bits per heavy atom. The van der Waals surface area contributed by atoms with Crippen molar-refractivity contribution in [3.8, 4) is 57.1 Å². The number of benzene rings is 6. The van der Waals surface area contributed by atoms with E-state index >= 15 is 38.4 Å². The Morgan fingerprint density at radius 2 is 1.29 bits per heavy atom. The van der Waals surface area contributed by atoms with Crippen molar-refractivity contribution < 1.29 is 127 Å². The van der Waals surface area contributed by atoms with Gasteiger partial charge in [0, 0.05) is 52.7 Å². The van der Waals surface area contributed by atoms with Gasteiger partial charge >= 0.3 is 0 Å². The van der Waals surface area contributed by atoms with Crippen LogP contribution in [0.2, 0.25) is 10.0 Å². The molecule has 710 valence electrons. The molecule has 0 radical (unpaired) electrons. The fourth-order valence-corrected chi connectivity index (χ4v) is 16.9. The molecule has 0 saturated carbocycles. The number of amides is 11. The molecule has 132 heavy (non-hydrogen) atoms. The number of primary amides is 1. The van der Waals surface area contributed by atoms with Crippen molar-refractivity contribution >= 4 is 99.1 Å². The molecule has 0 spiro atoms. The van der Waals surface area contributed by atoms with E-state index in [4.69, 9.17) is 74.6 Å². The normalized spacial score (nSPS) is 26.0. The number of para-hydroxylation sites is 1. The van der Waals surface area contributed by atoms with Gasteiger partial charge in [-0.25, -0.2) is 0 Å². The molecule has 41 nitrogen and oxygen atoms in total. The molecule has 14 rings (SSSR count). The van der Waals surface area contributed by atoms with Gasteiger partial charge in [0.2, 0.25) is 71.1 Å². The summed E-state index contributed by atoms with van der Waals surface area (Å²) in [6, 6.07) is 1.58. The van der Waals surface area contributed by atoms with Crippen molar-refractivity contribution in [3.63, 3.8) is 0 Å². The monoisotopic (exact) mass is 1870 g/mol. The molecular weight excluding hydrogens is 1770 g/mol. The second kappa shape index (κ2) is 42.3. The SMILES string of the molecule is CN[C@H](CC(C)C)C(=O)N[C@H]1C(=O)N[C@@H](CC(N)=O)C(=O)N[C@H]2C(=O)N[C@H]3C(=O)NC(C(=O)N[C@@H](C(=O)NC(=O)[C@H](CCCCN)NC(=O)[C@H](Cc4c[nH]c5ccccc45)NC(=O)[C@@H](N)CC(C)C)c4cc(O)cc(O)c4-c4cc3ccc4O)[C@H](O[C@H]3C[C@](C)(N)[C@@H](O)[C@H](C)O3)c3ccc(c(Cl)c3)Oc3cc2cc(c3O[C@@H]2O[C@H](CO)[C@@H](O)[C@H](O)[C@H]2O)Oc2ccc(cc2Cl)[C@H]1O. The highest BCUT2D eigenvalue weighted by Gasteiger charge is 2.50. The molecule has 6 aromatic carbocycles. The first-order chi connectivity index (χ1) is 62.5. The number of aromatic amines is 1. The summed E-state index contributed by atoms with van der Waals surface area (Å²) in [7, 11) is 1.46. The third kappa shape index (κ3) is 22.7. The third-order valence-electron chi connectivity index (χ3n) is 23.4. The summed E-state index contributed by atoms with van der Waals surface area (Å²) in [4.78, 5) is 172. The zero-order valence-electron chi connectivity index (χ0n) is 72.7. The van der Waals surface area contributed by atoms with E-state index in [-0.39, 0.29) is 73.8 Å². The number of aliphatic hydroxyl groups excluding tert-OH is 6. The number of phenolic OH excluding ortho intramolecular Hbond substituents is 3. The number of fused-ring (bicyclic) bond motifs is 16. The van der Waals surface area contributed by atoms with Crippen LogP contribution in [0.1, 0.15) is 150 Å². The maximum Gasteiger partial charge on any atom is 0.253 e. The minimum absolute atomic E-state index is 0.0620. The summed E-state index contributed by atoms with van der Waals surface area (Å²) < 4.78 is 38.7. The summed E-state index contributed by atoms with van der Waals surface area (Å²) >= 11 is 14.5. The molecule has 1 aromatic heterocycles. The fraction of sp³-hybridized carbons (Fsp3) is 0.449. The topological polar surface area (TPSA) is 665 Å². The number of carbonyl (C=O) groups excluding carboxylic acids is 11. The van der Waals surface area contributed by atoms with Crippen LogP contribution in [0.5, 0.6) is 46.0 Å². The number of hydrogen-bond acceptors (Lipinski definition) is 30. The van der Waals surface area contributed by atoms with E-state index in [2.05, 4.69) is 58.2 Å². The molecule has 2 saturated heterocycles. The largest absolute Gasteiger partial charge is 0.508 e. The highest BCUT2D eigenvalue weighted by atomic mass is 35.5. The molecule has 28 N–H and O–H groups in total. The van der Waals surface area contributed by atoms with Crippen molar-refractivity contribution in [2.75, 3.05) is 20.2 Å². The van der Waals surface area contributed by atoms with E-state index in [1.807, 2.05) is 27.7 Å². The molecule has 7 aromatic rings. The number of halogens is 2. The smallest absolute Gasteiger partial charge is 0.253 e. The first-order valence-electron chi connectivity index (χ1n) is 42.7. The quantitative estimate of drug-likeness (QED) is 0.0334. The molecule has 11 bridgehead atoms. The fourth-order valence-electron chi connectivity index (χ4n) is 16.4. The molecule has 1 unspecified atom stereocenters. The van der Waals surface area contributed by atoms with Crippen LogP contribution in [0.15, 0.2) is 109 Å². The van der Waals surface area contributed by atoms with Crippen LogP contribution in [-0.2, 0) is 73.4 Å². The van der Waals surface area contributed by atoms with Gasteiger partial charge in [0.1, 0.15) is 114 Å².